The first-order valence-electron chi connectivity index (χ1n) is 5.20. The number of aliphatic carboxylic acids is 1. The van der Waals surface area contributed by atoms with E-state index in [0.29, 0.717) is 10.7 Å². The van der Waals surface area contributed by atoms with Gasteiger partial charge < -0.3 is 10.4 Å². The van der Waals surface area contributed by atoms with Crippen molar-refractivity contribution in [3.63, 3.8) is 0 Å². The maximum absolute atomic E-state index is 10.4. The molecule has 0 unspecified atom stereocenters. The summed E-state index contributed by atoms with van der Waals surface area (Å²) in [5, 5.41) is 11.8. The first-order valence-corrected chi connectivity index (χ1v) is 5.57. The standard InChI is InChI=1S/C12H10ClN3O2/c13-9-3-1-8(2-4-9)10-5-6-14-12(16-10)15-7-11(17)18/h1-6H,7H2,(H,17,18)(H,14,15,16). The van der Waals surface area contributed by atoms with Crippen molar-refractivity contribution < 1.29 is 9.90 Å². The number of halogens is 1. The van der Waals surface area contributed by atoms with Gasteiger partial charge in [0.25, 0.3) is 0 Å². The highest BCUT2D eigenvalue weighted by Gasteiger charge is 2.03. The molecule has 18 heavy (non-hydrogen) atoms. The fourth-order valence-corrected chi connectivity index (χ4v) is 1.51. The lowest BCUT2D eigenvalue weighted by Crippen LogP contribution is -2.14. The molecule has 1 aromatic heterocycles. The predicted molar refractivity (Wildman–Crippen MR) is 68.6 cm³/mol. The lowest BCUT2D eigenvalue weighted by Gasteiger charge is -2.04. The van der Waals surface area contributed by atoms with Crippen LogP contribution in [0.15, 0.2) is 36.5 Å². The average molecular weight is 264 g/mol. The molecule has 0 aliphatic rings. The Labute approximate surface area is 108 Å². The Morgan fingerprint density at radius 3 is 2.67 bits per heavy atom. The second-order valence-electron chi connectivity index (χ2n) is 3.52. The molecular formula is C12H10ClN3O2. The smallest absolute Gasteiger partial charge is 0.322 e. The molecule has 2 N–H and O–H groups in total. The Hall–Kier alpha value is -2.14. The highest BCUT2D eigenvalue weighted by Crippen LogP contribution is 2.19. The van der Waals surface area contributed by atoms with E-state index in [1.807, 2.05) is 12.1 Å². The summed E-state index contributed by atoms with van der Waals surface area (Å²) in [7, 11) is 0. The van der Waals surface area contributed by atoms with E-state index in [1.165, 1.54) is 0 Å². The van der Waals surface area contributed by atoms with Gasteiger partial charge in [-0.25, -0.2) is 9.97 Å². The van der Waals surface area contributed by atoms with Crippen molar-refractivity contribution in [2.24, 2.45) is 0 Å². The third-order valence-corrected chi connectivity index (χ3v) is 2.45. The largest absolute Gasteiger partial charge is 0.480 e. The third-order valence-electron chi connectivity index (χ3n) is 2.19. The SMILES string of the molecule is O=C(O)CNc1nccc(-c2ccc(Cl)cc2)n1. The Morgan fingerprint density at radius 2 is 2.00 bits per heavy atom. The van der Waals surface area contributed by atoms with Gasteiger partial charge in [0.1, 0.15) is 6.54 Å². The van der Waals surface area contributed by atoms with Gasteiger partial charge in [-0.1, -0.05) is 23.7 Å². The van der Waals surface area contributed by atoms with Gasteiger partial charge in [0.2, 0.25) is 5.95 Å². The molecule has 0 atom stereocenters. The topological polar surface area (TPSA) is 75.1 Å². The molecule has 92 valence electrons. The maximum Gasteiger partial charge on any atom is 0.322 e. The lowest BCUT2D eigenvalue weighted by atomic mass is 10.1. The summed E-state index contributed by atoms with van der Waals surface area (Å²) in [5.41, 5.74) is 1.59. The molecule has 2 aromatic rings. The van der Waals surface area contributed by atoms with Crippen molar-refractivity contribution in [3.8, 4) is 11.3 Å². The zero-order valence-electron chi connectivity index (χ0n) is 9.30. The minimum Gasteiger partial charge on any atom is -0.480 e. The number of hydrogen-bond acceptors (Lipinski definition) is 4. The molecule has 0 saturated carbocycles. The van der Waals surface area contributed by atoms with E-state index in [9.17, 15) is 4.79 Å². The van der Waals surface area contributed by atoms with Crippen LogP contribution in [0.5, 0.6) is 0 Å². The van der Waals surface area contributed by atoms with Crippen LogP contribution in [0.2, 0.25) is 5.02 Å². The summed E-state index contributed by atoms with van der Waals surface area (Å²) < 4.78 is 0. The van der Waals surface area contributed by atoms with Gasteiger partial charge in [-0.05, 0) is 18.2 Å². The van der Waals surface area contributed by atoms with Crippen molar-refractivity contribution in [2.75, 3.05) is 11.9 Å². The molecule has 1 heterocycles. The summed E-state index contributed by atoms with van der Waals surface area (Å²) in [6.07, 6.45) is 1.57. The van der Waals surface area contributed by atoms with Crippen LogP contribution in [0.3, 0.4) is 0 Å². The number of hydrogen-bond donors (Lipinski definition) is 2. The molecule has 0 radical (unpaired) electrons. The van der Waals surface area contributed by atoms with E-state index < -0.39 is 5.97 Å². The molecule has 5 nitrogen and oxygen atoms in total. The Morgan fingerprint density at radius 1 is 1.28 bits per heavy atom. The van der Waals surface area contributed by atoms with Gasteiger partial charge in [0.05, 0.1) is 5.69 Å². The monoisotopic (exact) mass is 263 g/mol. The zero-order valence-corrected chi connectivity index (χ0v) is 10.1. The van der Waals surface area contributed by atoms with Crippen LogP contribution in [-0.4, -0.2) is 27.6 Å². The van der Waals surface area contributed by atoms with E-state index in [-0.39, 0.29) is 12.5 Å². The van der Waals surface area contributed by atoms with Crippen LogP contribution in [0, 0.1) is 0 Å². The van der Waals surface area contributed by atoms with Crippen LogP contribution in [0.1, 0.15) is 0 Å². The molecular weight excluding hydrogens is 254 g/mol. The molecule has 0 spiro atoms. The molecule has 0 aliphatic heterocycles. The van der Waals surface area contributed by atoms with Crippen LogP contribution in [0.25, 0.3) is 11.3 Å². The lowest BCUT2D eigenvalue weighted by molar-refractivity contribution is -0.134. The summed E-state index contributed by atoms with van der Waals surface area (Å²) in [4.78, 5) is 18.6. The number of carboxylic acid groups (broad SMARTS) is 1. The zero-order chi connectivity index (χ0) is 13.0. The van der Waals surface area contributed by atoms with Crippen molar-refractivity contribution in [2.45, 2.75) is 0 Å². The Kier molecular flexibility index (Phi) is 3.74. The number of benzene rings is 1. The highest BCUT2D eigenvalue weighted by molar-refractivity contribution is 6.30. The minimum atomic E-state index is -0.963. The van der Waals surface area contributed by atoms with E-state index in [2.05, 4.69) is 15.3 Å². The van der Waals surface area contributed by atoms with Crippen molar-refractivity contribution in [1.82, 2.24) is 9.97 Å². The number of aromatic nitrogens is 2. The number of carboxylic acids is 1. The van der Waals surface area contributed by atoms with Gasteiger partial charge in [-0.2, -0.15) is 0 Å². The number of anilines is 1. The first-order chi connectivity index (χ1) is 8.65. The fraction of sp³-hybridized carbons (Fsp3) is 0.0833. The van der Waals surface area contributed by atoms with Gasteiger partial charge >= 0.3 is 5.97 Å². The average Bonchev–Trinajstić information content (AvgIpc) is 2.37. The summed E-state index contributed by atoms with van der Waals surface area (Å²) in [5.74, 6) is -0.680. The quantitative estimate of drug-likeness (QED) is 0.885. The second kappa shape index (κ2) is 5.46. The van der Waals surface area contributed by atoms with Crippen LogP contribution >= 0.6 is 11.6 Å². The van der Waals surface area contributed by atoms with Crippen molar-refractivity contribution in [1.29, 1.82) is 0 Å². The Bertz CT molecular complexity index is 558. The van der Waals surface area contributed by atoms with Crippen LogP contribution < -0.4 is 5.32 Å². The number of nitrogens with one attached hydrogen (secondary N) is 1. The van der Waals surface area contributed by atoms with Gasteiger partial charge in [0.15, 0.2) is 0 Å². The van der Waals surface area contributed by atoms with E-state index in [4.69, 9.17) is 16.7 Å². The van der Waals surface area contributed by atoms with Crippen LogP contribution in [-0.2, 0) is 4.79 Å². The van der Waals surface area contributed by atoms with Gasteiger partial charge in [0, 0.05) is 16.8 Å². The van der Waals surface area contributed by atoms with Crippen molar-refractivity contribution >= 4 is 23.5 Å². The fourth-order valence-electron chi connectivity index (χ4n) is 1.38. The summed E-state index contributed by atoms with van der Waals surface area (Å²) >= 11 is 5.80. The van der Waals surface area contributed by atoms with E-state index in [0.717, 1.165) is 5.56 Å². The van der Waals surface area contributed by atoms with E-state index >= 15 is 0 Å². The molecule has 0 aliphatic carbocycles. The van der Waals surface area contributed by atoms with Crippen LogP contribution in [0.4, 0.5) is 5.95 Å². The normalized spacial score (nSPS) is 10.1. The number of nitrogens with zero attached hydrogens (tertiary/aromatic N) is 2. The minimum absolute atomic E-state index is 0.218. The van der Waals surface area contributed by atoms with Gasteiger partial charge in [-0.3, -0.25) is 4.79 Å². The molecule has 0 amide bonds. The molecule has 2 rings (SSSR count). The maximum atomic E-state index is 10.4. The molecule has 0 fully saturated rings. The number of carbonyl (C=O) groups is 1. The molecule has 0 saturated heterocycles. The summed E-state index contributed by atoms with van der Waals surface area (Å²) in [6, 6.07) is 8.96. The molecule has 1 aromatic carbocycles. The van der Waals surface area contributed by atoms with Gasteiger partial charge in [-0.15, -0.1) is 0 Å². The first kappa shape index (κ1) is 12.3. The molecule has 6 heteroatoms. The van der Waals surface area contributed by atoms with E-state index in [1.54, 1.807) is 24.4 Å². The third kappa shape index (κ3) is 3.18. The number of rotatable bonds is 4. The molecule has 0 bridgehead atoms. The van der Waals surface area contributed by atoms with Crippen molar-refractivity contribution in [3.05, 3.63) is 41.6 Å². The second-order valence-corrected chi connectivity index (χ2v) is 3.96. The summed E-state index contributed by atoms with van der Waals surface area (Å²) in [6.45, 7) is -0.218. The highest BCUT2D eigenvalue weighted by atomic mass is 35.5. The Balaban J connectivity index is 2.21. The predicted octanol–water partition coefficient (Wildman–Crippen LogP) is 2.29.